The maximum absolute atomic E-state index is 9.37. The van der Waals surface area contributed by atoms with Gasteiger partial charge in [0.15, 0.2) is 0 Å². The zero-order chi connectivity index (χ0) is 9.99. The Labute approximate surface area is 75.5 Å². The van der Waals surface area contributed by atoms with Gasteiger partial charge in [0.2, 0.25) is 0 Å². The normalized spacial score (nSPS) is 15.3. The second-order valence-corrected chi connectivity index (χ2v) is 6.19. The largest absolute Gasteiger partial charge is 0.389 e. The van der Waals surface area contributed by atoms with Crippen LogP contribution in [0.1, 0.15) is 27.7 Å². The Kier molecular flexibility index (Phi) is 3.99. The molecule has 0 heterocycles. The number of hydrogen-bond acceptors (Lipinski definition) is 4. The van der Waals surface area contributed by atoms with Crippen molar-refractivity contribution in [2.45, 2.75) is 38.5 Å². The molecule has 4 N–H and O–H groups in total. The highest BCUT2D eigenvalue weighted by molar-refractivity contribution is 8.23. The second kappa shape index (κ2) is 3.93. The summed E-state index contributed by atoms with van der Waals surface area (Å²) >= 11 is 0. The molecule has 0 radical (unpaired) electrons. The zero-order valence-electron chi connectivity index (χ0n) is 8.03. The maximum Gasteiger partial charge on any atom is 0.0732 e. The molecule has 0 aromatic heterocycles. The summed E-state index contributed by atoms with van der Waals surface area (Å²) in [4.78, 5) is 0. The molecule has 12 heavy (non-hydrogen) atoms. The minimum absolute atomic E-state index is 0.174. The Bertz CT molecular complexity index is 142. The molecule has 0 amide bonds. The van der Waals surface area contributed by atoms with Crippen LogP contribution < -0.4 is 4.72 Å². The van der Waals surface area contributed by atoms with Gasteiger partial charge < -0.3 is 5.11 Å². The Morgan fingerprint density at radius 1 is 1.33 bits per heavy atom. The molecule has 5 heteroatoms. The highest BCUT2D eigenvalue weighted by Gasteiger charge is 2.20. The molecule has 0 bridgehead atoms. The van der Waals surface area contributed by atoms with Crippen molar-refractivity contribution in [3.63, 3.8) is 0 Å². The van der Waals surface area contributed by atoms with E-state index in [4.69, 9.17) is 0 Å². The first kappa shape index (κ1) is 12.2. The highest BCUT2D eigenvalue weighted by atomic mass is 32.3. The van der Waals surface area contributed by atoms with Gasteiger partial charge in [0.1, 0.15) is 0 Å². The molecule has 0 aliphatic carbocycles. The Morgan fingerprint density at radius 2 is 1.75 bits per heavy atom. The van der Waals surface area contributed by atoms with Crippen LogP contribution in [0.25, 0.3) is 0 Å². The standard InChI is InChI=1S/C7H19NO3S/c1-6(2)12(10,11)8-5-7(3,4)9/h6,8-11H,5H2,1-4H3. The lowest BCUT2D eigenvalue weighted by molar-refractivity contribution is 0.0848. The lowest BCUT2D eigenvalue weighted by Gasteiger charge is -2.38. The van der Waals surface area contributed by atoms with Crippen molar-refractivity contribution in [2.75, 3.05) is 6.54 Å². The first-order valence-corrected chi connectivity index (χ1v) is 5.50. The van der Waals surface area contributed by atoms with Crippen LogP contribution in [-0.2, 0) is 0 Å². The molecule has 0 aliphatic rings. The summed E-state index contributed by atoms with van der Waals surface area (Å²) in [6.45, 7) is 6.82. The van der Waals surface area contributed by atoms with Crippen molar-refractivity contribution >= 4 is 10.8 Å². The average molecular weight is 197 g/mol. The number of hydrogen-bond donors (Lipinski definition) is 4. The van der Waals surface area contributed by atoms with E-state index in [9.17, 15) is 14.2 Å². The molecule has 0 saturated carbocycles. The molecule has 4 nitrogen and oxygen atoms in total. The summed E-state index contributed by atoms with van der Waals surface area (Å²) in [6, 6.07) is 0. The molecule has 76 valence electrons. The van der Waals surface area contributed by atoms with E-state index in [1.807, 2.05) is 0 Å². The summed E-state index contributed by atoms with van der Waals surface area (Å²) < 4.78 is 21.3. The summed E-state index contributed by atoms with van der Waals surface area (Å²) in [5, 5.41) is 9.06. The van der Waals surface area contributed by atoms with E-state index >= 15 is 0 Å². The summed E-state index contributed by atoms with van der Waals surface area (Å²) in [5.41, 5.74) is -0.918. The van der Waals surface area contributed by atoms with Crippen LogP contribution >= 0.6 is 10.8 Å². The molecule has 0 saturated heterocycles. The molecule has 0 aromatic rings. The predicted molar refractivity (Wildman–Crippen MR) is 52.3 cm³/mol. The van der Waals surface area contributed by atoms with Gasteiger partial charge in [-0.05, 0) is 27.7 Å². The predicted octanol–water partition coefficient (Wildman–Crippen LogP) is 1.42. The SMILES string of the molecule is CC(C)S(O)(O)NCC(C)(C)O. The van der Waals surface area contributed by atoms with Gasteiger partial charge in [-0.1, -0.05) is 0 Å². The second-order valence-electron chi connectivity index (χ2n) is 3.78. The summed E-state index contributed by atoms with van der Waals surface area (Å²) in [5.74, 6) is 0. The van der Waals surface area contributed by atoms with Crippen LogP contribution in [0.5, 0.6) is 0 Å². The molecular weight excluding hydrogens is 178 g/mol. The third kappa shape index (κ3) is 4.95. The summed E-state index contributed by atoms with van der Waals surface area (Å²) in [7, 11) is -2.74. The van der Waals surface area contributed by atoms with Crippen LogP contribution in [0.15, 0.2) is 0 Å². The van der Waals surface area contributed by atoms with Crippen LogP contribution in [0.4, 0.5) is 0 Å². The molecule has 0 aliphatic heterocycles. The number of nitrogens with one attached hydrogen (secondary N) is 1. The van der Waals surface area contributed by atoms with E-state index in [2.05, 4.69) is 4.72 Å². The van der Waals surface area contributed by atoms with Gasteiger partial charge in [0.05, 0.1) is 10.9 Å². The molecule has 0 fully saturated rings. The topological polar surface area (TPSA) is 72.7 Å². The molecule has 0 unspecified atom stereocenters. The molecule has 0 spiro atoms. The van der Waals surface area contributed by atoms with Crippen molar-refractivity contribution in [3.05, 3.63) is 0 Å². The van der Waals surface area contributed by atoms with Gasteiger partial charge in [-0.15, -0.1) is 10.8 Å². The zero-order valence-corrected chi connectivity index (χ0v) is 8.85. The van der Waals surface area contributed by atoms with Crippen LogP contribution in [0.3, 0.4) is 0 Å². The van der Waals surface area contributed by atoms with Crippen molar-refractivity contribution in [1.82, 2.24) is 4.72 Å². The monoisotopic (exact) mass is 197 g/mol. The molecule has 0 aromatic carbocycles. The smallest absolute Gasteiger partial charge is 0.0732 e. The van der Waals surface area contributed by atoms with Crippen molar-refractivity contribution < 1.29 is 14.2 Å². The van der Waals surface area contributed by atoms with Gasteiger partial charge >= 0.3 is 0 Å². The fourth-order valence-electron chi connectivity index (χ4n) is 0.449. The minimum Gasteiger partial charge on any atom is -0.389 e. The number of rotatable bonds is 4. The third-order valence-electron chi connectivity index (χ3n) is 1.37. The maximum atomic E-state index is 9.37. The fourth-order valence-corrected chi connectivity index (χ4v) is 1.35. The van der Waals surface area contributed by atoms with Crippen molar-refractivity contribution in [2.24, 2.45) is 0 Å². The number of aliphatic hydroxyl groups is 1. The lowest BCUT2D eigenvalue weighted by Crippen LogP contribution is -2.38. The lowest BCUT2D eigenvalue weighted by atomic mass is 10.1. The molecular formula is C7H19NO3S. The van der Waals surface area contributed by atoms with Gasteiger partial charge in [-0.3, -0.25) is 9.11 Å². The molecule has 0 rings (SSSR count). The van der Waals surface area contributed by atoms with Crippen LogP contribution in [0.2, 0.25) is 0 Å². The van der Waals surface area contributed by atoms with Crippen molar-refractivity contribution in [3.8, 4) is 0 Å². The Balaban J connectivity index is 3.93. The Morgan fingerprint density at radius 3 is 2.00 bits per heavy atom. The van der Waals surface area contributed by atoms with E-state index in [-0.39, 0.29) is 11.8 Å². The van der Waals surface area contributed by atoms with Crippen LogP contribution in [0, 0.1) is 0 Å². The van der Waals surface area contributed by atoms with E-state index < -0.39 is 16.4 Å². The van der Waals surface area contributed by atoms with E-state index in [0.717, 1.165) is 0 Å². The first-order valence-electron chi connectivity index (χ1n) is 3.89. The van der Waals surface area contributed by atoms with E-state index in [1.54, 1.807) is 27.7 Å². The highest BCUT2D eigenvalue weighted by Crippen LogP contribution is 2.39. The van der Waals surface area contributed by atoms with E-state index in [1.165, 1.54) is 0 Å². The van der Waals surface area contributed by atoms with Crippen molar-refractivity contribution in [1.29, 1.82) is 0 Å². The van der Waals surface area contributed by atoms with Crippen LogP contribution in [-0.4, -0.2) is 31.6 Å². The summed E-state index contributed by atoms with van der Waals surface area (Å²) in [6.07, 6.45) is 0. The first-order chi connectivity index (χ1) is 5.15. The van der Waals surface area contributed by atoms with Gasteiger partial charge in [-0.25, -0.2) is 4.72 Å². The average Bonchev–Trinajstić information content (AvgIpc) is 1.82. The van der Waals surface area contributed by atoms with Gasteiger partial charge in [0.25, 0.3) is 0 Å². The molecule has 0 atom stereocenters. The quantitative estimate of drug-likeness (QED) is 0.550. The van der Waals surface area contributed by atoms with E-state index in [0.29, 0.717) is 0 Å². The van der Waals surface area contributed by atoms with Gasteiger partial charge in [-0.2, -0.15) is 0 Å². The van der Waals surface area contributed by atoms with Gasteiger partial charge in [0, 0.05) is 6.54 Å². The third-order valence-corrected chi connectivity index (χ3v) is 3.26. The Hall–Kier alpha value is 0.190. The fraction of sp³-hybridized carbons (Fsp3) is 1.00. The minimum atomic E-state index is -2.74.